The van der Waals surface area contributed by atoms with Crippen LogP contribution in [0.4, 0.5) is 0 Å². The van der Waals surface area contributed by atoms with E-state index in [-0.39, 0.29) is 30.9 Å². The van der Waals surface area contributed by atoms with Gasteiger partial charge in [-0.15, -0.1) is 5.10 Å². The first-order chi connectivity index (χ1) is 9.12. The summed E-state index contributed by atoms with van der Waals surface area (Å²) in [6.07, 6.45) is 1.70. The van der Waals surface area contributed by atoms with Crippen molar-refractivity contribution in [3.63, 3.8) is 0 Å². The molecule has 0 radical (unpaired) electrons. The zero-order chi connectivity index (χ0) is 14.3. The van der Waals surface area contributed by atoms with E-state index in [1.54, 1.807) is 6.92 Å². The van der Waals surface area contributed by atoms with E-state index >= 15 is 0 Å². The summed E-state index contributed by atoms with van der Waals surface area (Å²) in [5, 5.41) is 13.4. The van der Waals surface area contributed by atoms with E-state index in [2.05, 4.69) is 20.8 Å². The number of nitrogens with one attached hydrogen (secondary N) is 1. The third kappa shape index (κ3) is 4.31. The van der Waals surface area contributed by atoms with Gasteiger partial charge >= 0.3 is 5.97 Å². The van der Waals surface area contributed by atoms with Crippen LogP contribution in [-0.4, -0.2) is 44.7 Å². The monoisotopic (exact) mass is 269 g/mol. The first-order valence-corrected chi connectivity index (χ1v) is 6.34. The fraction of sp³-hybridized carbons (Fsp3) is 0.727. The second kappa shape index (κ2) is 7.45. The number of nitrogens with zero attached hydrogens (tertiary/aromatic N) is 4. The van der Waals surface area contributed by atoms with Crippen LogP contribution in [0, 0.1) is 0 Å². The molecule has 0 aliphatic heterocycles. The van der Waals surface area contributed by atoms with Crippen LogP contribution in [0.15, 0.2) is 0 Å². The number of carbonyl (C=O) groups excluding carboxylic acids is 2. The Balaban J connectivity index is 2.64. The number of esters is 1. The molecule has 1 aromatic rings. The molecule has 1 amide bonds. The number of hydrogen-bond donors (Lipinski definition) is 1. The van der Waals surface area contributed by atoms with Gasteiger partial charge in [0.15, 0.2) is 0 Å². The van der Waals surface area contributed by atoms with Gasteiger partial charge in [0.2, 0.25) is 5.91 Å². The van der Waals surface area contributed by atoms with Gasteiger partial charge in [-0.3, -0.25) is 4.79 Å². The Morgan fingerprint density at radius 2 is 2.00 bits per heavy atom. The summed E-state index contributed by atoms with van der Waals surface area (Å²) in [6, 6.07) is 0.120. The predicted octanol–water partition coefficient (Wildman–Crippen LogP) is 0.155. The Labute approximate surface area is 111 Å². The van der Waals surface area contributed by atoms with Crippen LogP contribution >= 0.6 is 0 Å². The molecule has 0 saturated heterocycles. The minimum absolute atomic E-state index is 0.0680. The van der Waals surface area contributed by atoms with Crippen LogP contribution in [0.1, 0.15) is 44.2 Å². The molecule has 0 spiro atoms. The fourth-order valence-electron chi connectivity index (χ4n) is 1.56. The summed E-state index contributed by atoms with van der Waals surface area (Å²) in [6.45, 7) is 5.81. The topological polar surface area (TPSA) is 99.0 Å². The van der Waals surface area contributed by atoms with E-state index in [1.165, 1.54) is 0 Å². The van der Waals surface area contributed by atoms with Crippen LogP contribution in [0.5, 0.6) is 0 Å². The number of hydrogen-bond acceptors (Lipinski definition) is 6. The van der Waals surface area contributed by atoms with Gasteiger partial charge in [-0.25, -0.2) is 9.48 Å². The lowest BCUT2D eigenvalue weighted by Crippen LogP contribution is -2.37. The molecular weight excluding hydrogens is 250 g/mol. The summed E-state index contributed by atoms with van der Waals surface area (Å²) >= 11 is 0. The van der Waals surface area contributed by atoms with E-state index in [0.29, 0.717) is 0 Å². The summed E-state index contributed by atoms with van der Waals surface area (Å²) < 4.78 is 5.93. The van der Waals surface area contributed by atoms with Gasteiger partial charge in [0.25, 0.3) is 5.82 Å². The molecule has 0 aromatic carbocycles. The molecule has 0 aliphatic rings. The summed E-state index contributed by atoms with van der Waals surface area (Å²) in [4.78, 5) is 23.3. The number of rotatable bonds is 7. The minimum Gasteiger partial charge on any atom is -0.460 e. The third-order valence-electron chi connectivity index (χ3n) is 2.63. The van der Waals surface area contributed by atoms with E-state index in [9.17, 15) is 9.59 Å². The lowest BCUT2D eigenvalue weighted by Gasteiger charge is -2.14. The lowest BCUT2D eigenvalue weighted by atomic mass is 10.2. The molecule has 8 heteroatoms. The highest BCUT2D eigenvalue weighted by atomic mass is 16.5. The van der Waals surface area contributed by atoms with E-state index in [0.717, 1.165) is 17.5 Å². The fourth-order valence-corrected chi connectivity index (χ4v) is 1.56. The highest BCUT2D eigenvalue weighted by Crippen LogP contribution is 1.99. The van der Waals surface area contributed by atoms with E-state index in [4.69, 9.17) is 4.74 Å². The number of amides is 1. The van der Waals surface area contributed by atoms with Gasteiger partial charge in [-0.05, 0) is 30.2 Å². The highest BCUT2D eigenvalue weighted by molar-refractivity contribution is 5.86. The van der Waals surface area contributed by atoms with Gasteiger partial charge in [0, 0.05) is 6.04 Å². The van der Waals surface area contributed by atoms with Crippen molar-refractivity contribution < 1.29 is 14.3 Å². The molecule has 0 atom stereocenters. The van der Waals surface area contributed by atoms with Crippen LogP contribution in [0.25, 0.3) is 0 Å². The van der Waals surface area contributed by atoms with Crippen molar-refractivity contribution in [1.29, 1.82) is 0 Å². The maximum Gasteiger partial charge on any atom is 0.378 e. The number of aromatic nitrogens is 4. The first-order valence-electron chi connectivity index (χ1n) is 6.34. The van der Waals surface area contributed by atoms with E-state index < -0.39 is 5.97 Å². The quantitative estimate of drug-likeness (QED) is 0.708. The SMILES string of the molecule is CCOC(=O)c1nnnn1CC(=O)NC(CC)CC. The molecule has 0 saturated carbocycles. The van der Waals surface area contributed by atoms with Crippen molar-refractivity contribution in [2.75, 3.05) is 6.61 Å². The normalized spacial score (nSPS) is 10.5. The minimum atomic E-state index is -0.636. The second-order valence-corrected chi connectivity index (χ2v) is 3.96. The average Bonchev–Trinajstić information content (AvgIpc) is 2.84. The van der Waals surface area contributed by atoms with Crippen molar-refractivity contribution in [2.45, 2.75) is 46.2 Å². The second-order valence-electron chi connectivity index (χ2n) is 3.96. The number of ether oxygens (including phenoxy) is 1. The standard InChI is InChI=1S/C11H19N5O3/c1-4-8(5-2)12-9(17)7-16-10(13-14-15-16)11(18)19-6-3/h8H,4-7H2,1-3H3,(H,12,17). The molecule has 0 aliphatic carbocycles. The zero-order valence-electron chi connectivity index (χ0n) is 11.4. The molecule has 0 fully saturated rings. The third-order valence-corrected chi connectivity index (χ3v) is 2.63. The first kappa shape index (κ1) is 15.1. The van der Waals surface area contributed by atoms with Gasteiger partial charge in [-0.2, -0.15) is 0 Å². The molecule has 8 nitrogen and oxygen atoms in total. The molecule has 1 rings (SSSR count). The molecule has 106 valence electrons. The molecule has 0 unspecified atom stereocenters. The number of carbonyl (C=O) groups is 2. The summed E-state index contributed by atoms with van der Waals surface area (Å²) in [7, 11) is 0. The Hall–Kier alpha value is -1.99. The molecule has 19 heavy (non-hydrogen) atoms. The Bertz CT molecular complexity index is 428. The molecule has 0 bridgehead atoms. The van der Waals surface area contributed by atoms with Crippen LogP contribution < -0.4 is 5.32 Å². The van der Waals surface area contributed by atoms with Crippen LogP contribution in [0.3, 0.4) is 0 Å². The van der Waals surface area contributed by atoms with Crippen molar-refractivity contribution in [3.8, 4) is 0 Å². The highest BCUT2D eigenvalue weighted by Gasteiger charge is 2.19. The average molecular weight is 269 g/mol. The van der Waals surface area contributed by atoms with Crippen LogP contribution in [-0.2, 0) is 16.1 Å². The largest absolute Gasteiger partial charge is 0.460 e. The van der Waals surface area contributed by atoms with Gasteiger partial charge in [0.05, 0.1) is 6.61 Å². The Kier molecular flexibility index (Phi) is 5.91. The summed E-state index contributed by atoms with van der Waals surface area (Å²) in [5.41, 5.74) is 0. The molecule has 1 aromatic heterocycles. The number of tetrazole rings is 1. The van der Waals surface area contributed by atoms with Gasteiger partial charge in [-0.1, -0.05) is 13.8 Å². The lowest BCUT2D eigenvalue weighted by molar-refractivity contribution is -0.122. The van der Waals surface area contributed by atoms with Gasteiger partial charge in [0.1, 0.15) is 6.54 Å². The van der Waals surface area contributed by atoms with Crippen LogP contribution in [0.2, 0.25) is 0 Å². The van der Waals surface area contributed by atoms with Crippen molar-refractivity contribution in [3.05, 3.63) is 5.82 Å². The van der Waals surface area contributed by atoms with Gasteiger partial charge < -0.3 is 10.1 Å². The summed E-state index contributed by atoms with van der Waals surface area (Å²) in [5.74, 6) is -0.934. The Morgan fingerprint density at radius 1 is 1.32 bits per heavy atom. The molecule has 1 heterocycles. The van der Waals surface area contributed by atoms with E-state index in [1.807, 2.05) is 13.8 Å². The molecule has 1 N–H and O–H groups in total. The van der Waals surface area contributed by atoms with Crippen molar-refractivity contribution in [1.82, 2.24) is 25.5 Å². The maximum atomic E-state index is 11.8. The Morgan fingerprint density at radius 3 is 2.58 bits per heavy atom. The maximum absolute atomic E-state index is 11.8. The van der Waals surface area contributed by atoms with Crippen molar-refractivity contribution in [2.24, 2.45) is 0 Å². The predicted molar refractivity (Wildman–Crippen MR) is 66.3 cm³/mol. The van der Waals surface area contributed by atoms with Crippen molar-refractivity contribution >= 4 is 11.9 Å². The smallest absolute Gasteiger partial charge is 0.378 e. The zero-order valence-corrected chi connectivity index (χ0v) is 11.4. The molecular formula is C11H19N5O3.